The first-order chi connectivity index (χ1) is 8.13. The van der Waals surface area contributed by atoms with Crippen molar-refractivity contribution in [2.24, 2.45) is 5.92 Å². The van der Waals surface area contributed by atoms with E-state index < -0.39 is 0 Å². The Kier molecular flexibility index (Phi) is 6.52. The van der Waals surface area contributed by atoms with Crippen LogP contribution in [0.2, 0.25) is 0 Å². The van der Waals surface area contributed by atoms with Crippen LogP contribution in [-0.2, 0) is 14.3 Å². The van der Waals surface area contributed by atoms with Crippen LogP contribution in [-0.4, -0.2) is 49.8 Å². The van der Waals surface area contributed by atoms with E-state index in [1.54, 1.807) is 0 Å². The second kappa shape index (κ2) is 7.67. The van der Waals surface area contributed by atoms with Gasteiger partial charge in [-0.05, 0) is 19.3 Å². The standard InChI is InChI=1S/C13H25NO3/c1-4-17-13(15)10-12(9-11(2)3)14-5-7-16-8-6-14/h11-12H,4-10H2,1-3H3. The predicted molar refractivity (Wildman–Crippen MR) is 66.9 cm³/mol. The lowest BCUT2D eigenvalue weighted by Gasteiger charge is -2.34. The van der Waals surface area contributed by atoms with Gasteiger partial charge >= 0.3 is 5.97 Å². The van der Waals surface area contributed by atoms with Crippen molar-refractivity contribution < 1.29 is 14.3 Å². The van der Waals surface area contributed by atoms with Gasteiger partial charge in [-0.15, -0.1) is 0 Å². The smallest absolute Gasteiger partial charge is 0.307 e. The molecule has 4 heteroatoms. The van der Waals surface area contributed by atoms with Gasteiger partial charge in [0.15, 0.2) is 0 Å². The molecule has 0 bridgehead atoms. The lowest BCUT2D eigenvalue weighted by molar-refractivity contribution is -0.145. The Morgan fingerprint density at radius 1 is 1.35 bits per heavy atom. The van der Waals surface area contributed by atoms with Gasteiger partial charge in [0.2, 0.25) is 0 Å². The maximum Gasteiger partial charge on any atom is 0.307 e. The molecule has 0 spiro atoms. The molecule has 0 aromatic heterocycles. The number of rotatable bonds is 6. The third-order valence-corrected chi connectivity index (χ3v) is 3.01. The van der Waals surface area contributed by atoms with E-state index in [0.29, 0.717) is 25.0 Å². The summed E-state index contributed by atoms with van der Waals surface area (Å²) in [5, 5.41) is 0. The van der Waals surface area contributed by atoms with E-state index in [-0.39, 0.29) is 5.97 Å². The van der Waals surface area contributed by atoms with Crippen molar-refractivity contribution in [2.45, 2.75) is 39.7 Å². The van der Waals surface area contributed by atoms with Gasteiger partial charge in [-0.3, -0.25) is 9.69 Å². The highest BCUT2D eigenvalue weighted by atomic mass is 16.5. The average molecular weight is 243 g/mol. The summed E-state index contributed by atoms with van der Waals surface area (Å²) < 4.78 is 10.4. The summed E-state index contributed by atoms with van der Waals surface area (Å²) in [4.78, 5) is 14.0. The fourth-order valence-corrected chi connectivity index (χ4v) is 2.26. The van der Waals surface area contributed by atoms with E-state index in [2.05, 4.69) is 18.7 Å². The van der Waals surface area contributed by atoms with Crippen molar-refractivity contribution in [1.29, 1.82) is 0 Å². The zero-order valence-electron chi connectivity index (χ0n) is 11.3. The first-order valence-corrected chi connectivity index (χ1v) is 6.61. The van der Waals surface area contributed by atoms with E-state index in [4.69, 9.17) is 9.47 Å². The topological polar surface area (TPSA) is 38.8 Å². The molecule has 1 unspecified atom stereocenters. The summed E-state index contributed by atoms with van der Waals surface area (Å²) in [6.45, 7) is 10.1. The first kappa shape index (κ1) is 14.5. The highest BCUT2D eigenvalue weighted by Gasteiger charge is 2.24. The Bertz CT molecular complexity index is 225. The normalized spacial score (nSPS) is 19.3. The number of hydrogen-bond donors (Lipinski definition) is 0. The molecule has 17 heavy (non-hydrogen) atoms. The van der Waals surface area contributed by atoms with Crippen molar-refractivity contribution in [1.82, 2.24) is 4.90 Å². The van der Waals surface area contributed by atoms with Gasteiger partial charge < -0.3 is 9.47 Å². The fraction of sp³-hybridized carbons (Fsp3) is 0.923. The third kappa shape index (κ3) is 5.50. The van der Waals surface area contributed by atoms with Crippen LogP contribution in [0.15, 0.2) is 0 Å². The molecule has 0 aromatic rings. The van der Waals surface area contributed by atoms with Gasteiger partial charge in [0.05, 0.1) is 26.2 Å². The number of carbonyl (C=O) groups excluding carboxylic acids is 1. The number of nitrogens with zero attached hydrogens (tertiary/aromatic N) is 1. The summed E-state index contributed by atoms with van der Waals surface area (Å²) in [5.74, 6) is 0.516. The van der Waals surface area contributed by atoms with Crippen molar-refractivity contribution in [2.75, 3.05) is 32.9 Å². The van der Waals surface area contributed by atoms with E-state index >= 15 is 0 Å². The number of morpholine rings is 1. The van der Waals surface area contributed by atoms with Crippen LogP contribution < -0.4 is 0 Å². The minimum atomic E-state index is -0.0790. The summed E-state index contributed by atoms with van der Waals surface area (Å²) in [5.41, 5.74) is 0. The number of hydrogen-bond acceptors (Lipinski definition) is 4. The van der Waals surface area contributed by atoms with E-state index in [1.165, 1.54) is 0 Å². The first-order valence-electron chi connectivity index (χ1n) is 6.61. The Morgan fingerprint density at radius 2 is 2.00 bits per heavy atom. The molecule has 1 saturated heterocycles. The van der Waals surface area contributed by atoms with Crippen LogP contribution in [0.1, 0.15) is 33.6 Å². The van der Waals surface area contributed by atoms with Gasteiger partial charge in [0, 0.05) is 19.1 Å². The SMILES string of the molecule is CCOC(=O)CC(CC(C)C)N1CCOCC1. The molecule has 0 aromatic carbocycles. The average Bonchev–Trinajstić information content (AvgIpc) is 2.29. The third-order valence-electron chi connectivity index (χ3n) is 3.01. The Hall–Kier alpha value is -0.610. The minimum absolute atomic E-state index is 0.0790. The molecule has 0 N–H and O–H groups in total. The molecule has 0 saturated carbocycles. The number of esters is 1. The molecule has 1 rings (SSSR count). The predicted octanol–water partition coefficient (Wildman–Crippen LogP) is 1.69. The summed E-state index contributed by atoms with van der Waals surface area (Å²) in [6, 6.07) is 0.304. The number of ether oxygens (including phenoxy) is 2. The van der Waals surface area contributed by atoms with E-state index in [1.807, 2.05) is 6.92 Å². The van der Waals surface area contributed by atoms with E-state index in [9.17, 15) is 4.79 Å². The molecule has 0 amide bonds. The Balaban J connectivity index is 2.49. The second-order valence-corrected chi connectivity index (χ2v) is 4.94. The molecule has 1 fully saturated rings. The van der Waals surface area contributed by atoms with Crippen molar-refractivity contribution in [3.8, 4) is 0 Å². The molecule has 1 aliphatic rings. The Labute approximate surface area is 104 Å². The summed E-state index contributed by atoms with van der Waals surface area (Å²) in [7, 11) is 0. The maximum atomic E-state index is 11.6. The molecular weight excluding hydrogens is 218 g/mol. The van der Waals surface area contributed by atoms with Crippen LogP contribution in [0.25, 0.3) is 0 Å². The molecule has 1 aliphatic heterocycles. The fourth-order valence-electron chi connectivity index (χ4n) is 2.26. The highest BCUT2D eigenvalue weighted by molar-refractivity contribution is 5.70. The summed E-state index contributed by atoms with van der Waals surface area (Å²) in [6.07, 6.45) is 1.55. The monoisotopic (exact) mass is 243 g/mol. The van der Waals surface area contributed by atoms with Gasteiger partial charge in [0.1, 0.15) is 0 Å². The van der Waals surface area contributed by atoms with Crippen LogP contribution in [0, 0.1) is 5.92 Å². The van der Waals surface area contributed by atoms with Crippen LogP contribution >= 0.6 is 0 Å². The van der Waals surface area contributed by atoms with Gasteiger partial charge in [-0.25, -0.2) is 0 Å². The summed E-state index contributed by atoms with van der Waals surface area (Å²) >= 11 is 0. The quantitative estimate of drug-likeness (QED) is 0.665. The van der Waals surface area contributed by atoms with Crippen molar-refractivity contribution in [3.63, 3.8) is 0 Å². The molecular formula is C13H25NO3. The number of carbonyl (C=O) groups is 1. The van der Waals surface area contributed by atoms with Crippen LogP contribution in [0.4, 0.5) is 0 Å². The lowest BCUT2D eigenvalue weighted by Crippen LogP contribution is -2.45. The highest BCUT2D eigenvalue weighted by Crippen LogP contribution is 2.17. The molecule has 4 nitrogen and oxygen atoms in total. The zero-order chi connectivity index (χ0) is 12.7. The van der Waals surface area contributed by atoms with Gasteiger partial charge in [0.25, 0.3) is 0 Å². The minimum Gasteiger partial charge on any atom is -0.466 e. The molecule has 1 atom stereocenters. The lowest BCUT2D eigenvalue weighted by atomic mass is 9.99. The van der Waals surface area contributed by atoms with Crippen LogP contribution in [0.3, 0.4) is 0 Å². The Morgan fingerprint density at radius 3 is 2.53 bits per heavy atom. The zero-order valence-corrected chi connectivity index (χ0v) is 11.3. The molecule has 0 radical (unpaired) electrons. The van der Waals surface area contributed by atoms with Gasteiger partial charge in [-0.1, -0.05) is 13.8 Å². The van der Waals surface area contributed by atoms with Crippen molar-refractivity contribution >= 4 is 5.97 Å². The molecule has 0 aliphatic carbocycles. The molecule has 1 heterocycles. The second-order valence-electron chi connectivity index (χ2n) is 4.94. The molecule has 100 valence electrons. The van der Waals surface area contributed by atoms with Crippen LogP contribution in [0.5, 0.6) is 0 Å². The van der Waals surface area contributed by atoms with Gasteiger partial charge in [-0.2, -0.15) is 0 Å². The van der Waals surface area contributed by atoms with Crippen molar-refractivity contribution in [3.05, 3.63) is 0 Å². The van der Waals surface area contributed by atoms with E-state index in [0.717, 1.165) is 32.7 Å². The largest absolute Gasteiger partial charge is 0.466 e. The maximum absolute atomic E-state index is 11.6.